The molecule has 0 saturated heterocycles. The summed E-state index contributed by atoms with van der Waals surface area (Å²) in [6, 6.07) is 5.28. The molecule has 18 heavy (non-hydrogen) atoms. The molecule has 1 aliphatic rings. The van der Waals surface area contributed by atoms with E-state index in [0.717, 1.165) is 5.56 Å². The summed E-state index contributed by atoms with van der Waals surface area (Å²) in [5.41, 5.74) is 0.958. The fraction of sp³-hybridized carbons (Fsp3) is 0.333. The van der Waals surface area contributed by atoms with E-state index in [0.29, 0.717) is 16.5 Å². The molecule has 0 aliphatic heterocycles. The standard InChI is InChI=1S/C12H11Cl2NO3/c13-9-2-1-6(3-10(9)14)7-4-8(7)12(18)15-5-11(16)17/h1-3,7-8H,4-5H2,(H,15,18)(H,16,17)/t7-,8+/m0/s1. The van der Waals surface area contributed by atoms with Crippen LogP contribution in [0.5, 0.6) is 0 Å². The van der Waals surface area contributed by atoms with Crippen LogP contribution in [0.2, 0.25) is 10.0 Å². The third-order valence-corrected chi connectivity index (χ3v) is 3.65. The van der Waals surface area contributed by atoms with E-state index in [1.54, 1.807) is 12.1 Å². The van der Waals surface area contributed by atoms with Gasteiger partial charge in [0.25, 0.3) is 0 Å². The van der Waals surface area contributed by atoms with Crippen molar-refractivity contribution in [3.05, 3.63) is 33.8 Å². The van der Waals surface area contributed by atoms with Crippen LogP contribution in [0.3, 0.4) is 0 Å². The molecule has 2 rings (SSSR count). The Morgan fingerprint density at radius 1 is 1.33 bits per heavy atom. The van der Waals surface area contributed by atoms with E-state index in [-0.39, 0.29) is 24.3 Å². The van der Waals surface area contributed by atoms with Crippen molar-refractivity contribution in [1.82, 2.24) is 5.32 Å². The molecule has 2 atom stereocenters. The Hall–Kier alpha value is -1.26. The van der Waals surface area contributed by atoms with Crippen molar-refractivity contribution in [3.63, 3.8) is 0 Å². The maximum atomic E-state index is 11.6. The average Bonchev–Trinajstić information content (AvgIpc) is 3.09. The van der Waals surface area contributed by atoms with Gasteiger partial charge in [-0.3, -0.25) is 9.59 Å². The number of halogens is 2. The summed E-state index contributed by atoms with van der Waals surface area (Å²) in [5, 5.41) is 11.8. The molecule has 1 aromatic carbocycles. The first-order valence-corrected chi connectivity index (χ1v) is 6.19. The molecule has 1 aliphatic carbocycles. The summed E-state index contributed by atoms with van der Waals surface area (Å²) in [7, 11) is 0. The molecule has 0 heterocycles. The van der Waals surface area contributed by atoms with Crippen LogP contribution in [-0.2, 0) is 9.59 Å². The molecule has 0 aromatic heterocycles. The number of aliphatic carboxylic acids is 1. The first kappa shape index (κ1) is 13.2. The van der Waals surface area contributed by atoms with Gasteiger partial charge in [-0.1, -0.05) is 29.3 Å². The normalized spacial score (nSPS) is 21.4. The van der Waals surface area contributed by atoms with Crippen LogP contribution in [0, 0.1) is 5.92 Å². The molecule has 1 aromatic rings. The quantitative estimate of drug-likeness (QED) is 0.893. The van der Waals surface area contributed by atoms with E-state index >= 15 is 0 Å². The van der Waals surface area contributed by atoms with Crippen molar-refractivity contribution in [2.45, 2.75) is 12.3 Å². The van der Waals surface area contributed by atoms with Gasteiger partial charge in [-0.05, 0) is 30.0 Å². The Morgan fingerprint density at radius 3 is 2.67 bits per heavy atom. The lowest BCUT2D eigenvalue weighted by Gasteiger charge is -2.03. The van der Waals surface area contributed by atoms with Crippen molar-refractivity contribution in [1.29, 1.82) is 0 Å². The smallest absolute Gasteiger partial charge is 0.322 e. The highest BCUT2D eigenvalue weighted by molar-refractivity contribution is 6.42. The zero-order valence-corrected chi connectivity index (χ0v) is 10.8. The lowest BCUT2D eigenvalue weighted by molar-refractivity contribution is -0.138. The Balaban J connectivity index is 1.96. The maximum Gasteiger partial charge on any atom is 0.322 e. The molecular formula is C12H11Cl2NO3. The summed E-state index contributed by atoms with van der Waals surface area (Å²) in [5.74, 6) is -1.33. The van der Waals surface area contributed by atoms with Crippen LogP contribution in [0.1, 0.15) is 17.9 Å². The summed E-state index contributed by atoms with van der Waals surface area (Å²) < 4.78 is 0. The Bertz CT molecular complexity index is 504. The monoisotopic (exact) mass is 287 g/mol. The maximum absolute atomic E-state index is 11.6. The number of hydrogen-bond acceptors (Lipinski definition) is 2. The van der Waals surface area contributed by atoms with Crippen LogP contribution in [0.25, 0.3) is 0 Å². The van der Waals surface area contributed by atoms with E-state index in [2.05, 4.69) is 5.32 Å². The predicted octanol–water partition coefficient (Wildman–Crippen LogP) is 2.30. The number of benzene rings is 1. The van der Waals surface area contributed by atoms with Crippen LogP contribution in [-0.4, -0.2) is 23.5 Å². The zero-order valence-electron chi connectivity index (χ0n) is 9.32. The molecule has 96 valence electrons. The van der Waals surface area contributed by atoms with E-state index in [1.807, 2.05) is 6.07 Å². The van der Waals surface area contributed by atoms with Gasteiger partial charge >= 0.3 is 5.97 Å². The van der Waals surface area contributed by atoms with Crippen molar-refractivity contribution in [2.24, 2.45) is 5.92 Å². The average molecular weight is 288 g/mol. The van der Waals surface area contributed by atoms with E-state index in [1.165, 1.54) is 0 Å². The van der Waals surface area contributed by atoms with Gasteiger partial charge in [-0.25, -0.2) is 0 Å². The molecule has 6 heteroatoms. The Morgan fingerprint density at radius 2 is 2.06 bits per heavy atom. The van der Waals surface area contributed by atoms with Crippen molar-refractivity contribution < 1.29 is 14.7 Å². The summed E-state index contributed by atoms with van der Waals surface area (Å²) in [4.78, 5) is 21.9. The van der Waals surface area contributed by atoms with Crippen LogP contribution >= 0.6 is 23.2 Å². The van der Waals surface area contributed by atoms with Crippen LogP contribution in [0.4, 0.5) is 0 Å². The molecule has 0 bridgehead atoms. The Kier molecular flexibility index (Phi) is 3.78. The molecular weight excluding hydrogens is 277 g/mol. The molecule has 1 saturated carbocycles. The van der Waals surface area contributed by atoms with Crippen molar-refractivity contribution >= 4 is 35.1 Å². The largest absolute Gasteiger partial charge is 0.480 e. The Labute approximate surface area is 114 Å². The number of rotatable bonds is 4. The summed E-state index contributed by atoms with van der Waals surface area (Å²) >= 11 is 11.7. The van der Waals surface area contributed by atoms with Crippen molar-refractivity contribution in [2.75, 3.05) is 6.54 Å². The summed E-state index contributed by atoms with van der Waals surface area (Å²) in [6.45, 7) is -0.344. The number of carboxylic acids is 1. The number of hydrogen-bond donors (Lipinski definition) is 2. The highest BCUT2D eigenvalue weighted by Gasteiger charge is 2.44. The minimum atomic E-state index is -1.05. The fourth-order valence-corrected chi connectivity index (χ4v) is 2.20. The van der Waals surface area contributed by atoms with Gasteiger partial charge < -0.3 is 10.4 Å². The van der Waals surface area contributed by atoms with Gasteiger partial charge in [0.15, 0.2) is 0 Å². The summed E-state index contributed by atoms with van der Waals surface area (Å²) in [6.07, 6.45) is 0.712. The second kappa shape index (κ2) is 5.16. The van der Waals surface area contributed by atoms with Crippen molar-refractivity contribution in [3.8, 4) is 0 Å². The van der Waals surface area contributed by atoms with Crippen LogP contribution in [0.15, 0.2) is 18.2 Å². The first-order valence-electron chi connectivity index (χ1n) is 5.43. The first-order chi connectivity index (χ1) is 8.49. The minimum Gasteiger partial charge on any atom is -0.480 e. The molecule has 0 radical (unpaired) electrons. The van der Waals surface area contributed by atoms with E-state index in [4.69, 9.17) is 28.3 Å². The van der Waals surface area contributed by atoms with Gasteiger partial charge in [-0.15, -0.1) is 0 Å². The number of nitrogens with one attached hydrogen (secondary N) is 1. The molecule has 0 unspecified atom stereocenters. The number of carbonyl (C=O) groups excluding carboxylic acids is 1. The molecule has 1 amide bonds. The van der Waals surface area contributed by atoms with Gasteiger partial charge in [0, 0.05) is 5.92 Å². The topological polar surface area (TPSA) is 66.4 Å². The highest BCUT2D eigenvalue weighted by Crippen LogP contribution is 2.48. The molecule has 4 nitrogen and oxygen atoms in total. The third-order valence-electron chi connectivity index (χ3n) is 2.91. The van der Waals surface area contributed by atoms with Gasteiger partial charge in [-0.2, -0.15) is 0 Å². The number of carboxylic acid groups (broad SMARTS) is 1. The second-order valence-corrected chi connectivity index (χ2v) is 5.05. The van der Waals surface area contributed by atoms with Gasteiger partial charge in [0.05, 0.1) is 10.0 Å². The lowest BCUT2D eigenvalue weighted by Crippen LogP contribution is -2.30. The molecule has 1 fully saturated rings. The SMILES string of the molecule is O=C(O)CNC(=O)[C@@H]1C[C@H]1c1ccc(Cl)c(Cl)c1. The lowest BCUT2D eigenvalue weighted by atomic mass is 10.1. The van der Waals surface area contributed by atoms with Gasteiger partial charge in [0.2, 0.25) is 5.91 Å². The van der Waals surface area contributed by atoms with Crippen LogP contribution < -0.4 is 5.32 Å². The van der Waals surface area contributed by atoms with Gasteiger partial charge in [0.1, 0.15) is 6.54 Å². The fourth-order valence-electron chi connectivity index (χ4n) is 1.89. The third kappa shape index (κ3) is 2.94. The number of amides is 1. The minimum absolute atomic E-state index is 0.105. The zero-order chi connectivity index (χ0) is 13.3. The molecule has 0 spiro atoms. The van der Waals surface area contributed by atoms with E-state index < -0.39 is 5.97 Å². The number of carbonyl (C=O) groups is 2. The molecule has 2 N–H and O–H groups in total. The highest BCUT2D eigenvalue weighted by atomic mass is 35.5. The predicted molar refractivity (Wildman–Crippen MR) is 68.0 cm³/mol. The van der Waals surface area contributed by atoms with E-state index in [9.17, 15) is 9.59 Å². The second-order valence-electron chi connectivity index (χ2n) is 4.23.